The van der Waals surface area contributed by atoms with E-state index in [9.17, 15) is 9.59 Å². The molecule has 0 spiro atoms. The molecule has 0 saturated heterocycles. The summed E-state index contributed by atoms with van der Waals surface area (Å²) in [4.78, 5) is 28.0. The number of hydrogen-bond donors (Lipinski definition) is 1. The van der Waals surface area contributed by atoms with Gasteiger partial charge in [0.15, 0.2) is 0 Å². The van der Waals surface area contributed by atoms with Gasteiger partial charge in [-0.2, -0.15) is 0 Å². The predicted octanol–water partition coefficient (Wildman–Crippen LogP) is 5.75. The summed E-state index contributed by atoms with van der Waals surface area (Å²) in [5.41, 5.74) is 5.51. The highest BCUT2D eigenvalue weighted by Crippen LogP contribution is 2.22. The summed E-state index contributed by atoms with van der Waals surface area (Å²) in [7, 11) is 1.64. The Hall–Kier alpha value is -4.38. The van der Waals surface area contributed by atoms with E-state index in [2.05, 4.69) is 5.32 Å². The number of nitrogens with zero attached hydrogens (tertiary/aromatic N) is 1. The summed E-state index contributed by atoms with van der Waals surface area (Å²) in [6.45, 7) is 2.99. The van der Waals surface area contributed by atoms with Crippen LogP contribution in [0, 0.1) is 6.92 Å². The lowest BCUT2D eigenvalue weighted by atomic mass is 10.1. The highest BCUT2D eigenvalue weighted by Gasteiger charge is 2.19. The molecule has 1 N–H and O–H groups in total. The van der Waals surface area contributed by atoms with Crippen LogP contribution in [0.25, 0.3) is 0 Å². The SMILES string of the molecule is COc1ccc(CCNC(=O)Cc2cccc(N(Cc3ccccc3)C(=O)c3ccc(C)cc3)c2)cc1. The van der Waals surface area contributed by atoms with Crippen molar-refractivity contribution in [3.05, 3.63) is 131 Å². The molecule has 0 unspecified atom stereocenters. The molecular weight excluding hydrogens is 460 g/mol. The van der Waals surface area contributed by atoms with Crippen LogP contribution < -0.4 is 15.0 Å². The molecule has 5 nitrogen and oxygen atoms in total. The molecule has 0 aliphatic carbocycles. The lowest BCUT2D eigenvalue weighted by molar-refractivity contribution is -0.120. The zero-order valence-electron chi connectivity index (χ0n) is 21.3. The highest BCUT2D eigenvalue weighted by molar-refractivity contribution is 6.06. The lowest BCUT2D eigenvalue weighted by Gasteiger charge is -2.24. The van der Waals surface area contributed by atoms with Crippen molar-refractivity contribution in [1.29, 1.82) is 0 Å². The molecule has 0 aliphatic heterocycles. The van der Waals surface area contributed by atoms with Gasteiger partial charge in [0.05, 0.1) is 20.1 Å². The summed E-state index contributed by atoms with van der Waals surface area (Å²) in [5.74, 6) is 0.685. The number of carbonyl (C=O) groups excluding carboxylic acids is 2. The molecule has 0 heterocycles. The van der Waals surface area contributed by atoms with Crippen molar-refractivity contribution in [3.63, 3.8) is 0 Å². The number of carbonyl (C=O) groups is 2. The summed E-state index contributed by atoms with van der Waals surface area (Å²) < 4.78 is 5.19. The number of ether oxygens (including phenoxy) is 1. The quantitative estimate of drug-likeness (QED) is 0.307. The van der Waals surface area contributed by atoms with Crippen molar-refractivity contribution in [1.82, 2.24) is 5.32 Å². The average Bonchev–Trinajstić information content (AvgIpc) is 2.93. The van der Waals surface area contributed by atoms with Crippen molar-refractivity contribution in [2.45, 2.75) is 26.3 Å². The molecule has 0 fully saturated rings. The highest BCUT2D eigenvalue weighted by atomic mass is 16.5. The molecule has 0 atom stereocenters. The third-order valence-electron chi connectivity index (χ3n) is 6.21. The number of nitrogens with one attached hydrogen (secondary N) is 1. The summed E-state index contributed by atoms with van der Waals surface area (Å²) in [5, 5.41) is 3.00. The van der Waals surface area contributed by atoms with Gasteiger partial charge in [-0.3, -0.25) is 9.59 Å². The zero-order valence-corrected chi connectivity index (χ0v) is 21.3. The van der Waals surface area contributed by atoms with Gasteiger partial charge in [0.25, 0.3) is 5.91 Å². The van der Waals surface area contributed by atoms with E-state index in [0.717, 1.165) is 40.1 Å². The molecule has 5 heteroatoms. The van der Waals surface area contributed by atoms with Gasteiger partial charge >= 0.3 is 0 Å². The minimum Gasteiger partial charge on any atom is -0.497 e. The van der Waals surface area contributed by atoms with Crippen LogP contribution in [0.2, 0.25) is 0 Å². The van der Waals surface area contributed by atoms with Gasteiger partial charge in [-0.15, -0.1) is 0 Å². The molecule has 2 amide bonds. The second-order valence-electron chi connectivity index (χ2n) is 9.04. The van der Waals surface area contributed by atoms with Crippen molar-refractivity contribution < 1.29 is 14.3 Å². The molecule has 0 bridgehead atoms. The fraction of sp³-hybridized carbons (Fsp3) is 0.188. The van der Waals surface area contributed by atoms with E-state index in [0.29, 0.717) is 18.7 Å². The van der Waals surface area contributed by atoms with Gasteiger partial charge in [-0.25, -0.2) is 0 Å². The molecule has 0 aliphatic rings. The molecule has 4 aromatic carbocycles. The van der Waals surface area contributed by atoms with Crippen LogP contribution in [0.4, 0.5) is 5.69 Å². The van der Waals surface area contributed by atoms with Gasteiger partial charge < -0.3 is 15.0 Å². The van der Waals surface area contributed by atoms with Crippen molar-refractivity contribution in [3.8, 4) is 5.75 Å². The van der Waals surface area contributed by atoms with Crippen molar-refractivity contribution >= 4 is 17.5 Å². The maximum atomic E-state index is 13.5. The van der Waals surface area contributed by atoms with Gasteiger partial charge in [-0.1, -0.05) is 72.3 Å². The molecule has 4 rings (SSSR count). The van der Waals surface area contributed by atoms with Crippen LogP contribution in [0.15, 0.2) is 103 Å². The molecule has 188 valence electrons. The fourth-order valence-electron chi connectivity index (χ4n) is 4.12. The molecule has 0 aromatic heterocycles. The Balaban J connectivity index is 1.45. The number of benzene rings is 4. The summed E-state index contributed by atoms with van der Waals surface area (Å²) >= 11 is 0. The van der Waals surface area contributed by atoms with E-state index < -0.39 is 0 Å². The molecule has 0 saturated carbocycles. The topological polar surface area (TPSA) is 58.6 Å². The smallest absolute Gasteiger partial charge is 0.258 e. The molecule has 0 radical (unpaired) electrons. The zero-order chi connectivity index (χ0) is 26.0. The Morgan fingerprint density at radius 2 is 1.49 bits per heavy atom. The number of rotatable bonds is 10. The molecular formula is C32H32N2O3. The van der Waals surface area contributed by atoms with Gasteiger partial charge in [0.2, 0.25) is 5.91 Å². The first kappa shape index (κ1) is 25.7. The Kier molecular flexibility index (Phi) is 8.71. The number of anilines is 1. The van der Waals surface area contributed by atoms with Crippen LogP contribution in [-0.2, 0) is 24.2 Å². The average molecular weight is 493 g/mol. The Morgan fingerprint density at radius 3 is 2.19 bits per heavy atom. The van der Waals surface area contributed by atoms with Crippen LogP contribution in [0.3, 0.4) is 0 Å². The Labute approximate surface area is 218 Å². The van der Waals surface area contributed by atoms with Crippen LogP contribution in [0.1, 0.15) is 32.6 Å². The third-order valence-corrected chi connectivity index (χ3v) is 6.21. The second-order valence-corrected chi connectivity index (χ2v) is 9.04. The third kappa shape index (κ3) is 7.31. The minimum atomic E-state index is -0.0788. The van der Waals surface area contributed by atoms with Crippen molar-refractivity contribution in [2.24, 2.45) is 0 Å². The van der Waals surface area contributed by atoms with Crippen LogP contribution >= 0.6 is 0 Å². The first-order chi connectivity index (χ1) is 18.0. The summed E-state index contributed by atoms with van der Waals surface area (Å²) in [6.07, 6.45) is 0.986. The number of hydrogen-bond acceptors (Lipinski definition) is 3. The molecule has 37 heavy (non-hydrogen) atoms. The van der Waals surface area contributed by atoms with E-state index in [4.69, 9.17) is 4.74 Å². The first-order valence-corrected chi connectivity index (χ1v) is 12.4. The Morgan fingerprint density at radius 1 is 0.784 bits per heavy atom. The lowest BCUT2D eigenvalue weighted by Crippen LogP contribution is -2.31. The number of amides is 2. The van der Waals surface area contributed by atoms with E-state index in [1.54, 1.807) is 12.0 Å². The van der Waals surface area contributed by atoms with Gasteiger partial charge in [-0.05, 0) is 66.4 Å². The van der Waals surface area contributed by atoms with Crippen molar-refractivity contribution in [2.75, 3.05) is 18.6 Å². The van der Waals surface area contributed by atoms with E-state index in [-0.39, 0.29) is 18.2 Å². The van der Waals surface area contributed by atoms with Crippen LogP contribution in [0.5, 0.6) is 5.75 Å². The number of methoxy groups -OCH3 is 1. The largest absolute Gasteiger partial charge is 0.497 e. The normalized spacial score (nSPS) is 10.5. The van der Waals surface area contributed by atoms with Gasteiger partial charge in [0, 0.05) is 17.8 Å². The maximum absolute atomic E-state index is 13.5. The van der Waals surface area contributed by atoms with E-state index in [1.165, 1.54) is 0 Å². The minimum absolute atomic E-state index is 0.0508. The standard InChI is InChI=1S/C32H32N2O3/c1-24-11-15-28(16-12-24)32(36)34(23-26-7-4-3-5-8-26)29-10-6-9-27(21-29)22-31(35)33-20-19-25-13-17-30(37-2)18-14-25/h3-18,21H,19-20,22-23H2,1-2H3,(H,33,35). The fourth-order valence-corrected chi connectivity index (χ4v) is 4.12. The second kappa shape index (κ2) is 12.5. The number of aryl methyl sites for hydroxylation is 1. The Bertz CT molecular complexity index is 1320. The first-order valence-electron chi connectivity index (χ1n) is 12.4. The summed E-state index contributed by atoms with van der Waals surface area (Å²) in [6, 6.07) is 33.0. The maximum Gasteiger partial charge on any atom is 0.258 e. The predicted molar refractivity (Wildman–Crippen MR) is 148 cm³/mol. The van der Waals surface area contributed by atoms with Crippen LogP contribution in [-0.4, -0.2) is 25.5 Å². The van der Waals surface area contributed by atoms with Gasteiger partial charge in [0.1, 0.15) is 5.75 Å². The monoisotopic (exact) mass is 492 g/mol. The molecule has 4 aromatic rings. The van der Waals surface area contributed by atoms with E-state index >= 15 is 0 Å². The van der Waals surface area contributed by atoms with E-state index in [1.807, 2.05) is 110 Å².